The van der Waals surface area contributed by atoms with Gasteiger partial charge in [-0.15, -0.1) is 0 Å². The van der Waals surface area contributed by atoms with Crippen LogP contribution in [0.4, 0.5) is 27.9 Å². The molecular formula is C28H34N8O5. The van der Waals surface area contributed by atoms with E-state index in [1.54, 1.807) is 18.0 Å². The standard InChI is InChI=1S/C28H34N8O5/c1-6-39-23(37)11-19-13-30-22(15-29-19)34-26-32-12-18-7-8-35(16-20(18)33-26)21-14-31-25-24(17(21)2)36(9-10-40-25)27(38)41-28(3,4)5/h12-15H,6-11,16H2,1-5H3,(H,30,32,33,34). The zero-order valence-electron chi connectivity index (χ0n) is 23.9. The van der Waals surface area contributed by atoms with Gasteiger partial charge in [-0.05, 0) is 46.6 Å². The fraction of sp³-hybridized carbons (Fsp3) is 0.464. The third-order valence-corrected chi connectivity index (χ3v) is 6.55. The summed E-state index contributed by atoms with van der Waals surface area (Å²) in [5.41, 5.74) is 4.24. The van der Waals surface area contributed by atoms with Crippen LogP contribution in [0, 0.1) is 6.92 Å². The summed E-state index contributed by atoms with van der Waals surface area (Å²) in [7, 11) is 0. The van der Waals surface area contributed by atoms with E-state index in [4.69, 9.17) is 19.2 Å². The number of nitrogens with one attached hydrogen (secondary N) is 1. The second-order valence-corrected chi connectivity index (χ2v) is 10.7. The monoisotopic (exact) mass is 562 g/mol. The third-order valence-electron chi connectivity index (χ3n) is 6.55. The summed E-state index contributed by atoms with van der Waals surface area (Å²) in [6, 6.07) is 0. The fourth-order valence-corrected chi connectivity index (χ4v) is 4.70. The van der Waals surface area contributed by atoms with E-state index in [0.717, 1.165) is 35.5 Å². The molecule has 5 rings (SSSR count). The molecule has 3 aromatic rings. The molecule has 216 valence electrons. The Morgan fingerprint density at radius 2 is 1.90 bits per heavy atom. The van der Waals surface area contributed by atoms with Crippen LogP contribution in [0.5, 0.6) is 5.88 Å². The van der Waals surface area contributed by atoms with E-state index in [2.05, 4.69) is 30.2 Å². The molecule has 13 heteroatoms. The van der Waals surface area contributed by atoms with Crippen molar-refractivity contribution in [3.63, 3.8) is 0 Å². The number of nitrogens with zero attached hydrogens (tertiary/aromatic N) is 7. The molecule has 1 amide bonds. The van der Waals surface area contributed by atoms with Crippen LogP contribution in [0.2, 0.25) is 0 Å². The van der Waals surface area contributed by atoms with Gasteiger partial charge in [0.15, 0.2) is 5.82 Å². The van der Waals surface area contributed by atoms with Crippen molar-refractivity contribution in [1.82, 2.24) is 24.9 Å². The van der Waals surface area contributed by atoms with Gasteiger partial charge < -0.3 is 24.4 Å². The molecule has 2 aliphatic heterocycles. The first kappa shape index (κ1) is 28.0. The Hall–Kier alpha value is -4.55. The third kappa shape index (κ3) is 6.44. The lowest BCUT2D eigenvalue weighted by molar-refractivity contribution is -0.142. The van der Waals surface area contributed by atoms with E-state index in [1.807, 2.05) is 33.9 Å². The number of hydrogen-bond donors (Lipinski definition) is 1. The summed E-state index contributed by atoms with van der Waals surface area (Å²) >= 11 is 0. The number of anilines is 4. The number of aromatic nitrogens is 5. The molecule has 13 nitrogen and oxygen atoms in total. The van der Waals surface area contributed by atoms with Crippen LogP contribution in [-0.2, 0) is 33.7 Å². The molecule has 2 aliphatic rings. The van der Waals surface area contributed by atoms with Gasteiger partial charge in [0.1, 0.15) is 17.9 Å². The first-order valence-electron chi connectivity index (χ1n) is 13.6. The summed E-state index contributed by atoms with van der Waals surface area (Å²) in [4.78, 5) is 50.8. The average Bonchev–Trinajstić information content (AvgIpc) is 2.93. The summed E-state index contributed by atoms with van der Waals surface area (Å²) in [5.74, 6) is 0.925. The van der Waals surface area contributed by atoms with Crippen LogP contribution < -0.4 is 19.9 Å². The van der Waals surface area contributed by atoms with Gasteiger partial charge in [0, 0.05) is 18.3 Å². The van der Waals surface area contributed by atoms with Crippen LogP contribution in [0.25, 0.3) is 0 Å². The predicted octanol–water partition coefficient (Wildman–Crippen LogP) is 3.52. The minimum atomic E-state index is -0.618. The van der Waals surface area contributed by atoms with Crippen LogP contribution in [0.1, 0.15) is 50.2 Å². The summed E-state index contributed by atoms with van der Waals surface area (Å²) < 4.78 is 16.4. The topological polar surface area (TPSA) is 145 Å². The Kier molecular flexibility index (Phi) is 7.86. The van der Waals surface area contributed by atoms with Gasteiger partial charge in [-0.25, -0.2) is 24.7 Å². The molecule has 0 bridgehead atoms. The van der Waals surface area contributed by atoms with Gasteiger partial charge in [0.05, 0.1) is 61.8 Å². The number of esters is 1. The van der Waals surface area contributed by atoms with Crippen molar-refractivity contribution in [2.75, 3.05) is 41.4 Å². The van der Waals surface area contributed by atoms with Gasteiger partial charge in [0.2, 0.25) is 11.8 Å². The van der Waals surface area contributed by atoms with E-state index in [9.17, 15) is 9.59 Å². The van der Waals surface area contributed by atoms with Crippen molar-refractivity contribution in [1.29, 1.82) is 0 Å². The van der Waals surface area contributed by atoms with Gasteiger partial charge in [-0.2, -0.15) is 0 Å². The van der Waals surface area contributed by atoms with Crippen molar-refractivity contribution < 1.29 is 23.8 Å². The highest BCUT2D eigenvalue weighted by atomic mass is 16.6. The summed E-state index contributed by atoms with van der Waals surface area (Å²) in [6.07, 6.45) is 7.05. The fourth-order valence-electron chi connectivity index (χ4n) is 4.70. The van der Waals surface area contributed by atoms with Crippen molar-refractivity contribution in [2.45, 2.75) is 59.6 Å². The highest BCUT2D eigenvalue weighted by Gasteiger charge is 2.32. The second-order valence-electron chi connectivity index (χ2n) is 10.7. The number of hydrogen-bond acceptors (Lipinski definition) is 12. The number of fused-ring (bicyclic) bond motifs is 2. The number of pyridine rings is 1. The molecule has 0 fully saturated rings. The maximum atomic E-state index is 13.0. The molecule has 0 unspecified atom stereocenters. The van der Waals surface area contributed by atoms with Crippen molar-refractivity contribution in [3.8, 4) is 5.88 Å². The number of carbonyl (C=O) groups excluding carboxylic acids is 2. The Morgan fingerprint density at radius 3 is 2.63 bits per heavy atom. The van der Waals surface area contributed by atoms with Crippen LogP contribution >= 0.6 is 0 Å². The minimum Gasteiger partial charge on any atom is -0.474 e. The molecule has 0 spiro atoms. The Morgan fingerprint density at radius 1 is 1.07 bits per heavy atom. The first-order valence-corrected chi connectivity index (χ1v) is 13.6. The molecule has 0 saturated heterocycles. The molecule has 1 N–H and O–H groups in total. The molecule has 0 atom stereocenters. The molecule has 0 radical (unpaired) electrons. The number of carbonyl (C=O) groups is 2. The molecule has 0 aliphatic carbocycles. The zero-order valence-corrected chi connectivity index (χ0v) is 23.9. The zero-order chi connectivity index (χ0) is 29.1. The molecule has 3 aromatic heterocycles. The molecule has 0 aromatic carbocycles. The molecule has 41 heavy (non-hydrogen) atoms. The lowest BCUT2D eigenvalue weighted by Gasteiger charge is -2.35. The van der Waals surface area contributed by atoms with Gasteiger partial charge in [-0.1, -0.05) is 0 Å². The van der Waals surface area contributed by atoms with E-state index in [0.29, 0.717) is 55.3 Å². The number of rotatable bonds is 6. The largest absolute Gasteiger partial charge is 0.474 e. The van der Waals surface area contributed by atoms with Gasteiger partial charge in [0.25, 0.3) is 0 Å². The average molecular weight is 563 g/mol. The van der Waals surface area contributed by atoms with Crippen molar-refractivity contribution in [3.05, 3.63) is 47.3 Å². The minimum absolute atomic E-state index is 0.0604. The number of ether oxygens (including phenoxy) is 3. The predicted molar refractivity (Wildman–Crippen MR) is 150 cm³/mol. The molecule has 5 heterocycles. The molecular weight excluding hydrogens is 528 g/mol. The first-order chi connectivity index (χ1) is 19.6. The lowest BCUT2D eigenvalue weighted by Crippen LogP contribution is -2.42. The van der Waals surface area contributed by atoms with Crippen LogP contribution in [-0.4, -0.2) is 68.9 Å². The van der Waals surface area contributed by atoms with Crippen molar-refractivity contribution in [2.24, 2.45) is 0 Å². The van der Waals surface area contributed by atoms with E-state index in [-0.39, 0.29) is 12.4 Å². The Labute approximate surface area is 238 Å². The van der Waals surface area contributed by atoms with Gasteiger partial charge in [-0.3, -0.25) is 14.7 Å². The highest BCUT2D eigenvalue weighted by molar-refractivity contribution is 5.92. The van der Waals surface area contributed by atoms with E-state index >= 15 is 0 Å². The van der Waals surface area contributed by atoms with Crippen LogP contribution in [0.3, 0.4) is 0 Å². The Balaban J connectivity index is 1.32. The number of amides is 1. The van der Waals surface area contributed by atoms with Crippen LogP contribution in [0.15, 0.2) is 24.8 Å². The quantitative estimate of drug-likeness (QED) is 0.439. The molecule has 0 saturated carbocycles. The Bertz CT molecular complexity index is 1440. The summed E-state index contributed by atoms with van der Waals surface area (Å²) in [6.45, 7) is 11.6. The van der Waals surface area contributed by atoms with E-state index in [1.165, 1.54) is 12.4 Å². The SMILES string of the molecule is CCOC(=O)Cc1cnc(Nc2ncc3c(n2)CN(c2cnc4c(c2C)N(C(=O)OC(C)(C)C)CCO4)CC3)cn1. The maximum Gasteiger partial charge on any atom is 0.415 e. The normalized spacial score (nSPS) is 14.5. The van der Waals surface area contributed by atoms with E-state index < -0.39 is 11.7 Å². The highest BCUT2D eigenvalue weighted by Crippen LogP contribution is 2.39. The second kappa shape index (κ2) is 11.5. The van der Waals surface area contributed by atoms with Gasteiger partial charge >= 0.3 is 12.1 Å². The lowest BCUT2D eigenvalue weighted by atomic mass is 10.0. The van der Waals surface area contributed by atoms with Crippen molar-refractivity contribution >= 4 is 35.2 Å². The maximum absolute atomic E-state index is 13.0. The summed E-state index contributed by atoms with van der Waals surface area (Å²) in [5, 5.41) is 3.09. The smallest absolute Gasteiger partial charge is 0.415 e.